The zero-order valence-electron chi connectivity index (χ0n) is 15.9. The molecule has 0 aliphatic rings. The average molecular weight is 480 g/mol. The van der Waals surface area contributed by atoms with E-state index >= 15 is 0 Å². The molecule has 0 radical (unpaired) electrons. The van der Waals surface area contributed by atoms with Crippen LogP contribution < -0.4 is 15.2 Å². The molecule has 4 N–H and O–H groups in total. The molecule has 0 heterocycles. The number of amides is 1. The van der Waals surface area contributed by atoms with Gasteiger partial charge in [-0.25, -0.2) is 22.0 Å². The smallest absolute Gasteiger partial charge is 0.261 e. The molecule has 0 saturated carbocycles. The van der Waals surface area contributed by atoms with E-state index in [9.17, 15) is 21.6 Å². The highest BCUT2D eigenvalue weighted by Gasteiger charge is 2.16. The molecule has 0 aliphatic heterocycles. The van der Waals surface area contributed by atoms with Gasteiger partial charge in [-0.3, -0.25) is 9.52 Å². The summed E-state index contributed by atoms with van der Waals surface area (Å²) in [6, 6.07) is 17.6. The van der Waals surface area contributed by atoms with Crippen molar-refractivity contribution in [1.29, 1.82) is 0 Å². The lowest BCUT2D eigenvalue weighted by Gasteiger charge is -2.10. The number of primary sulfonamides is 1. The third-order valence-electron chi connectivity index (χ3n) is 4.25. The van der Waals surface area contributed by atoms with Crippen LogP contribution in [0.5, 0.6) is 0 Å². The summed E-state index contributed by atoms with van der Waals surface area (Å²) in [5.41, 5.74) is 1.18. The molecule has 0 unspecified atom stereocenters. The predicted molar refractivity (Wildman–Crippen MR) is 118 cm³/mol. The Kier molecular flexibility index (Phi) is 6.65. The first-order valence-electron chi connectivity index (χ1n) is 8.84. The maximum atomic E-state index is 12.5. The molecule has 3 aromatic rings. The second-order valence-electron chi connectivity index (χ2n) is 6.48. The van der Waals surface area contributed by atoms with Crippen molar-refractivity contribution in [3.05, 3.63) is 88.9 Å². The maximum absolute atomic E-state index is 12.5. The standard InChI is InChI=1S/C20H18ClN3O5S2/c21-18-3-1-2-4-19(18)24-31(28,29)17-11-7-15(8-12-17)20(25)23-13-14-5-9-16(10-6-14)30(22,26)27/h1-12,24H,13H2,(H,23,25)(H2,22,26,27). The number of hydrogen-bond acceptors (Lipinski definition) is 5. The molecule has 0 saturated heterocycles. The molecule has 3 aromatic carbocycles. The van der Waals surface area contributed by atoms with E-state index in [4.69, 9.17) is 16.7 Å². The molecule has 11 heteroatoms. The van der Waals surface area contributed by atoms with Crippen molar-refractivity contribution in [3.8, 4) is 0 Å². The van der Waals surface area contributed by atoms with Crippen LogP contribution in [0.15, 0.2) is 82.6 Å². The van der Waals surface area contributed by atoms with Gasteiger partial charge in [-0.05, 0) is 54.1 Å². The summed E-state index contributed by atoms with van der Waals surface area (Å²) in [4.78, 5) is 12.3. The second kappa shape index (κ2) is 9.06. The van der Waals surface area contributed by atoms with Gasteiger partial charge in [0, 0.05) is 12.1 Å². The number of carbonyl (C=O) groups is 1. The first-order valence-corrected chi connectivity index (χ1v) is 12.2. The van der Waals surface area contributed by atoms with Crippen molar-refractivity contribution in [3.63, 3.8) is 0 Å². The first-order chi connectivity index (χ1) is 14.6. The summed E-state index contributed by atoms with van der Waals surface area (Å²) in [6.07, 6.45) is 0. The third kappa shape index (κ3) is 5.82. The normalized spacial score (nSPS) is 11.7. The minimum atomic E-state index is -3.88. The van der Waals surface area contributed by atoms with Gasteiger partial charge in [0.05, 0.1) is 20.5 Å². The second-order valence-corrected chi connectivity index (χ2v) is 10.1. The Morgan fingerprint density at radius 3 is 2.00 bits per heavy atom. The van der Waals surface area contributed by atoms with Crippen molar-refractivity contribution in [2.24, 2.45) is 5.14 Å². The van der Waals surface area contributed by atoms with Crippen LogP contribution in [0, 0.1) is 0 Å². The van der Waals surface area contributed by atoms with Crippen LogP contribution in [0.25, 0.3) is 0 Å². The number of benzene rings is 3. The van der Waals surface area contributed by atoms with Crippen molar-refractivity contribution in [2.75, 3.05) is 4.72 Å². The summed E-state index contributed by atoms with van der Waals surface area (Å²) < 4.78 is 50.0. The Balaban J connectivity index is 1.65. The van der Waals surface area contributed by atoms with Crippen LogP contribution in [-0.2, 0) is 26.6 Å². The molecule has 1 amide bonds. The highest BCUT2D eigenvalue weighted by Crippen LogP contribution is 2.24. The number of anilines is 1. The fraction of sp³-hybridized carbons (Fsp3) is 0.0500. The minimum Gasteiger partial charge on any atom is -0.348 e. The van der Waals surface area contributed by atoms with E-state index in [1.807, 2.05) is 0 Å². The maximum Gasteiger partial charge on any atom is 0.261 e. The van der Waals surface area contributed by atoms with E-state index in [2.05, 4.69) is 10.0 Å². The van der Waals surface area contributed by atoms with Crippen molar-refractivity contribution in [2.45, 2.75) is 16.3 Å². The molecule has 162 valence electrons. The summed E-state index contributed by atoms with van der Waals surface area (Å²) in [7, 11) is -7.66. The Labute approximate surface area is 185 Å². The Morgan fingerprint density at radius 2 is 1.42 bits per heavy atom. The number of rotatable bonds is 7. The molecular weight excluding hydrogens is 462 g/mol. The zero-order valence-corrected chi connectivity index (χ0v) is 18.3. The molecule has 0 aliphatic carbocycles. The topological polar surface area (TPSA) is 135 Å². The van der Waals surface area contributed by atoms with E-state index in [0.717, 1.165) is 0 Å². The average Bonchev–Trinajstić information content (AvgIpc) is 2.73. The molecule has 0 spiro atoms. The molecule has 0 bridgehead atoms. The van der Waals surface area contributed by atoms with Crippen molar-refractivity contribution in [1.82, 2.24) is 5.32 Å². The fourth-order valence-corrected chi connectivity index (χ4v) is 4.45. The minimum absolute atomic E-state index is 0.0234. The SMILES string of the molecule is NS(=O)(=O)c1ccc(CNC(=O)c2ccc(S(=O)(=O)Nc3ccccc3Cl)cc2)cc1. The quantitative estimate of drug-likeness (QED) is 0.478. The number of nitrogens with one attached hydrogen (secondary N) is 2. The first kappa shape index (κ1) is 22.8. The molecule has 3 rings (SSSR count). The summed E-state index contributed by atoms with van der Waals surface area (Å²) in [6.45, 7) is 0.151. The number of hydrogen-bond donors (Lipinski definition) is 3. The fourth-order valence-electron chi connectivity index (χ4n) is 2.61. The van der Waals surface area contributed by atoms with Crippen LogP contribution in [-0.4, -0.2) is 22.7 Å². The van der Waals surface area contributed by atoms with Crippen molar-refractivity contribution < 1.29 is 21.6 Å². The van der Waals surface area contributed by atoms with Gasteiger partial charge >= 0.3 is 0 Å². The summed E-state index contributed by atoms with van der Waals surface area (Å²) >= 11 is 5.98. The number of sulfonamides is 2. The van der Waals surface area contributed by atoms with Gasteiger partial charge in [0.2, 0.25) is 10.0 Å². The van der Waals surface area contributed by atoms with Gasteiger partial charge in [0.25, 0.3) is 15.9 Å². The van der Waals surface area contributed by atoms with E-state index in [-0.39, 0.29) is 32.6 Å². The molecule has 8 nitrogen and oxygen atoms in total. The monoisotopic (exact) mass is 479 g/mol. The van der Waals surface area contributed by atoms with Crippen LogP contribution in [0.3, 0.4) is 0 Å². The highest BCUT2D eigenvalue weighted by atomic mass is 35.5. The van der Waals surface area contributed by atoms with Crippen LogP contribution in [0.1, 0.15) is 15.9 Å². The van der Waals surface area contributed by atoms with Crippen LogP contribution in [0.2, 0.25) is 5.02 Å². The lowest BCUT2D eigenvalue weighted by Crippen LogP contribution is -2.23. The Morgan fingerprint density at radius 1 is 0.839 bits per heavy atom. The molecule has 0 atom stereocenters. The van der Waals surface area contributed by atoms with Gasteiger partial charge in [0.15, 0.2) is 0 Å². The van der Waals surface area contributed by atoms with E-state index < -0.39 is 26.0 Å². The highest BCUT2D eigenvalue weighted by molar-refractivity contribution is 7.92. The molecular formula is C20H18ClN3O5S2. The van der Waals surface area contributed by atoms with Gasteiger partial charge in [-0.2, -0.15) is 0 Å². The predicted octanol–water partition coefficient (Wildman–Crippen LogP) is 2.72. The van der Waals surface area contributed by atoms with E-state index in [1.165, 1.54) is 54.6 Å². The van der Waals surface area contributed by atoms with Gasteiger partial charge in [-0.1, -0.05) is 35.9 Å². The Hall–Kier alpha value is -2.92. The number of para-hydroxylation sites is 1. The molecule has 0 fully saturated rings. The van der Waals surface area contributed by atoms with Gasteiger partial charge in [-0.15, -0.1) is 0 Å². The summed E-state index contributed by atoms with van der Waals surface area (Å²) in [5, 5.41) is 7.99. The number of halogens is 1. The van der Waals surface area contributed by atoms with Crippen LogP contribution in [0.4, 0.5) is 5.69 Å². The lowest BCUT2D eigenvalue weighted by molar-refractivity contribution is 0.0950. The molecule has 0 aromatic heterocycles. The third-order valence-corrected chi connectivity index (χ3v) is 6.89. The van der Waals surface area contributed by atoms with E-state index in [0.29, 0.717) is 5.56 Å². The van der Waals surface area contributed by atoms with E-state index in [1.54, 1.807) is 18.2 Å². The lowest BCUT2D eigenvalue weighted by atomic mass is 10.2. The largest absolute Gasteiger partial charge is 0.348 e. The molecule has 31 heavy (non-hydrogen) atoms. The summed E-state index contributed by atoms with van der Waals surface area (Å²) in [5.74, 6) is -0.418. The number of nitrogens with two attached hydrogens (primary N) is 1. The van der Waals surface area contributed by atoms with Gasteiger partial charge < -0.3 is 5.32 Å². The zero-order chi connectivity index (χ0) is 22.6. The van der Waals surface area contributed by atoms with Crippen molar-refractivity contribution >= 4 is 43.2 Å². The Bertz CT molecular complexity index is 1310. The van der Waals surface area contributed by atoms with Gasteiger partial charge in [0.1, 0.15) is 0 Å². The number of carbonyl (C=O) groups excluding carboxylic acids is 1. The van der Waals surface area contributed by atoms with Crippen LogP contribution >= 0.6 is 11.6 Å².